The van der Waals surface area contributed by atoms with E-state index >= 15 is 0 Å². The van der Waals surface area contributed by atoms with Crippen LogP contribution in [0.5, 0.6) is 5.75 Å². The quantitative estimate of drug-likeness (QED) is 0.758. The molecule has 112 valence electrons. The summed E-state index contributed by atoms with van der Waals surface area (Å²) in [7, 11) is -2.46. The second kappa shape index (κ2) is 6.36. The molecule has 0 atom stereocenters. The summed E-state index contributed by atoms with van der Waals surface area (Å²) >= 11 is 12.6. The maximum atomic E-state index is 12.3. The van der Waals surface area contributed by atoms with Crippen LogP contribution in [0.1, 0.15) is 10.4 Å². The van der Waals surface area contributed by atoms with Crippen LogP contribution in [0.4, 0.5) is 0 Å². The van der Waals surface area contributed by atoms with Gasteiger partial charge in [-0.25, -0.2) is 8.42 Å². The van der Waals surface area contributed by atoms with E-state index in [0.717, 1.165) is 11.3 Å². The molecule has 0 N–H and O–H groups in total. The van der Waals surface area contributed by atoms with Gasteiger partial charge in [-0.3, -0.25) is 4.79 Å². The number of sulfone groups is 1. The van der Waals surface area contributed by atoms with Crippen molar-refractivity contribution in [2.75, 3.05) is 12.9 Å². The Morgan fingerprint density at radius 1 is 1.29 bits per heavy atom. The Bertz CT molecular complexity index is 781. The van der Waals surface area contributed by atoms with Gasteiger partial charge in [-0.05, 0) is 18.2 Å². The van der Waals surface area contributed by atoms with Gasteiger partial charge in [0.05, 0.1) is 11.4 Å². The van der Waals surface area contributed by atoms with Gasteiger partial charge in [-0.15, -0.1) is 11.3 Å². The zero-order valence-corrected chi connectivity index (χ0v) is 13.9. The first kappa shape index (κ1) is 16.3. The number of carbonyl (C=O) groups is 1. The minimum absolute atomic E-state index is 0.0294. The molecule has 0 aliphatic rings. The molecule has 21 heavy (non-hydrogen) atoms. The summed E-state index contributed by atoms with van der Waals surface area (Å²) in [4.78, 5) is 12.1. The lowest BCUT2D eigenvalue weighted by Crippen LogP contribution is -2.17. The van der Waals surface area contributed by atoms with E-state index in [1.165, 1.54) is 25.3 Å². The molecule has 0 bridgehead atoms. The van der Waals surface area contributed by atoms with Crippen molar-refractivity contribution in [2.24, 2.45) is 0 Å². The standard InChI is InChI=1S/C13H10Cl2O4S2/c1-19-10-4-2-3-5-11(10)21(17,18)7-9(16)8-6-12(14)20-13(8)15/h2-6H,7H2,1H3. The first-order chi connectivity index (χ1) is 9.85. The molecule has 2 aromatic rings. The fourth-order valence-corrected chi connectivity index (χ4v) is 4.63. The molecular formula is C13H10Cl2O4S2. The summed E-state index contributed by atoms with van der Waals surface area (Å²) in [5, 5.41) is 0. The van der Waals surface area contributed by atoms with Crippen molar-refractivity contribution in [1.82, 2.24) is 0 Å². The smallest absolute Gasteiger partial charge is 0.189 e. The lowest BCUT2D eigenvalue weighted by Gasteiger charge is -2.08. The second-order valence-corrected chi connectivity index (χ2v) is 8.31. The van der Waals surface area contributed by atoms with Crippen LogP contribution in [0.2, 0.25) is 8.67 Å². The highest BCUT2D eigenvalue weighted by Crippen LogP contribution is 2.32. The molecule has 0 saturated heterocycles. The molecule has 0 radical (unpaired) electrons. The van der Waals surface area contributed by atoms with Gasteiger partial charge < -0.3 is 4.74 Å². The summed E-state index contributed by atoms with van der Waals surface area (Å²) in [5.74, 6) is -1.10. The van der Waals surface area contributed by atoms with Crippen molar-refractivity contribution < 1.29 is 17.9 Å². The van der Waals surface area contributed by atoms with E-state index in [2.05, 4.69) is 0 Å². The Morgan fingerprint density at radius 2 is 1.95 bits per heavy atom. The monoisotopic (exact) mass is 364 g/mol. The predicted molar refractivity (Wildman–Crippen MR) is 83.7 cm³/mol. The van der Waals surface area contributed by atoms with E-state index in [9.17, 15) is 13.2 Å². The van der Waals surface area contributed by atoms with Gasteiger partial charge >= 0.3 is 0 Å². The highest BCUT2D eigenvalue weighted by atomic mass is 35.5. The van der Waals surface area contributed by atoms with E-state index in [0.29, 0.717) is 4.34 Å². The van der Waals surface area contributed by atoms with Gasteiger partial charge in [0.2, 0.25) is 0 Å². The van der Waals surface area contributed by atoms with E-state index < -0.39 is 21.4 Å². The maximum Gasteiger partial charge on any atom is 0.189 e. The van der Waals surface area contributed by atoms with E-state index in [1.54, 1.807) is 12.1 Å². The molecule has 4 nitrogen and oxygen atoms in total. The summed E-state index contributed by atoms with van der Waals surface area (Å²) in [6.07, 6.45) is 0. The number of ketones is 1. The average molecular weight is 365 g/mol. The number of thiophene rings is 1. The topological polar surface area (TPSA) is 60.4 Å². The first-order valence-corrected chi connectivity index (χ1v) is 8.91. The van der Waals surface area contributed by atoms with Crippen molar-refractivity contribution in [3.05, 3.63) is 44.6 Å². The highest BCUT2D eigenvalue weighted by Gasteiger charge is 2.25. The zero-order chi connectivity index (χ0) is 15.6. The van der Waals surface area contributed by atoms with Crippen LogP contribution in [-0.4, -0.2) is 27.1 Å². The summed E-state index contributed by atoms with van der Waals surface area (Å²) < 4.78 is 30.2. The molecule has 0 unspecified atom stereocenters. The molecule has 0 fully saturated rings. The fraction of sp³-hybridized carbons (Fsp3) is 0.154. The Hall–Kier alpha value is -1.08. The third-order valence-corrected chi connectivity index (χ3v) is 5.82. The van der Waals surface area contributed by atoms with E-state index in [-0.39, 0.29) is 20.5 Å². The van der Waals surface area contributed by atoms with Crippen LogP contribution >= 0.6 is 34.5 Å². The maximum absolute atomic E-state index is 12.3. The average Bonchev–Trinajstić information content (AvgIpc) is 2.77. The Balaban J connectivity index is 2.33. The van der Waals surface area contributed by atoms with E-state index in [1.807, 2.05) is 0 Å². The molecule has 1 heterocycles. The summed E-state index contributed by atoms with van der Waals surface area (Å²) in [6.45, 7) is 0. The van der Waals surface area contributed by atoms with Crippen LogP contribution in [0.15, 0.2) is 35.2 Å². The summed E-state index contributed by atoms with van der Waals surface area (Å²) in [5.41, 5.74) is 0.116. The second-order valence-electron chi connectivity index (χ2n) is 4.07. The van der Waals surface area contributed by atoms with Crippen LogP contribution in [0.25, 0.3) is 0 Å². The predicted octanol–water partition coefficient (Wildman–Crippen LogP) is 3.72. The number of benzene rings is 1. The van der Waals surface area contributed by atoms with Crippen molar-refractivity contribution >= 4 is 50.2 Å². The van der Waals surface area contributed by atoms with Gasteiger partial charge in [0.25, 0.3) is 0 Å². The van der Waals surface area contributed by atoms with Gasteiger partial charge in [-0.1, -0.05) is 35.3 Å². The molecule has 0 amide bonds. The van der Waals surface area contributed by atoms with Gasteiger partial charge in [-0.2, -0.15) is 0 Å². The Morgan fingerprint density at radius 3 is 2.52 bits per heavy atom. The normalized spacial score (nSPS) is 11.4. The third-order valence-electron chi connectivity index (χ3n) is 2.68. The largest absolute Gasteiger partial charge is 0.495 e. The number of halogens is 2. The molecular weight excluding hydrogens is 355 g/mol. The molecule has 8 heteroatoms. The molecule has 0 aliphatic carbocycles. The van der Waals surface area contributed by atoms with Crippen LogP contribution < -0.4 is 4.74 Å². The van der Waals surface area contributed by atoms with Gasteiger partial charge in [0.15, 0.2) is 15.6 Å². The lowest BCUT2D eigenvalue weighted by molar-refractivity contribution is 0.102. The minimum atomic E-state index is -3.83. The van der Waals surface area contributed by atoms with E-state index in [4.69, 9.17) is 27.9 Å². The van der Waals surface area contributed by atoms with Crippen LogP contribution in [0, 0.1) is 0 Å². The van der Waals surface area contributed by atoms with Gasteiger partial charge in [0, 0.05) is 5.56 Å². The number of methoxy groups -OCH3 is 1. The number of Topliss-reactive ketones (excluding diaryl/α,β-unsaturated/α-hetero) is 1. The Labute approximate surface area is 136 Å². The molecule has 0 aliphatic heterocycles. The number of hydrogen-bond acceptors (Lipinski definition) is 5. The minimum Gasteiger partial charge on any atom is -0.495 e. The molecule has 1 aromatic carbocycles. The third kappa shape index (κ3) is 3.58. The summed E-state index contributed by atoms with van der Waals surface area (Å²) in [6, 6.07) is 7.49. The van der Waals surface area contributed by atoms with Gasteiger partial charge in [0.1, 0.15) is 20.7 Å². The molecule has 0 spiro atoms. The van der Waals surface area contributed by atoms with Crippen molar-refractivity contribution in [3.63, 3.8) is 0 Å². The van der Waals surface area contributed by atoms with Crippen molar-refractivity contribution in [3.8, 4) is 5.75 Å². The molecule has 2 rings (SSSR count). The van der Waals surface area contributed by atoms with Crippen LogP contribution in [-0.2, 0) is 9.84 Å². The number of rotatable bonds is 5. The highest BCUT2D eigenvalue weighted by molar-refractivity contribution is 7.92. The number of hydrogen-bond donors (Lipinski definition) is 0. The Kier molecular flexibility index (Phi) is 4.93. The molecule has 0 saturated carbocycles. The zero-order valence-electron chi connectivity index (χ0n) is 10.8. The fourth-order valence-electron chi connectivity index (χ4n) is 1.73. The SMILES string of the molecule is COc1ccccc1S(=O)(=O)CC(=O)c1cc(Cl)sc1Cl. The first-order valence-electron chi connectivity index (χ1n) is 5.69. The lowest BCUT2D eigenvalue weighted by atomic mass is 10.2. The molecule has 1 aromatic heterocycles. The number of ether oxygens (including phenoxy) is 1. The number of carbonyl (C=O) groups excluding carboxylic acids is 1. The number of para-hydroxylation sites is 1. The van der Waals surface area contributed by atoms with Crippen LogP contribution in [0.3, 0.4) is 0 Å². The van der Waals surface area contributed by atoms with Crippen molar-refractivity contribution in [1.29, 1.82) is 0 Å². The van der Waals surface area contributed by atoms with Crippen molar-refractivity contribution in [2.45, 2.75) is 4.90 Å².